The van der Waals surface area contributed by atoms with Crippen molar-refractivity contribution in [2.24, 2.45) is 12.8 Å². The molecule has 0 bridgehead atoms. The molecule has 7 amide bonds. The van der Waals surface area contributed by atoms with Crippen LogP contribution in [0.1, 0.15) is 43.2 Å². The SMILES string of the molecule is CN(C)C(=O)CN(C)C(=O)[C@H](Cc1ccc[n+](C)c1)NC(=O)[C@H](CC(N)=O)NC(=O)[C@H](CCC(=O)O)NC(O)C1(NC(=O)[C@H](Cc2ccc3cc(O)ccc3c2)NC=O)CCOCC1. The number of aliphatic hydroxyl groups is 1. The van der Waals surface area contributed by atoms with Crippen LogP contribution >= 0.6 is 0 Å². The Morgan fingerprint density at radius 1 is 0.875 bits per heavy atom. The molecular weight excluding hydrogens is 835 g/mol. The molecule has 64 heavy (non-hydrogen) atoms. The number of aromatic nitrogens is 1. The van der Waals surface area contributed by atoms with Gasteiger partial charge < -0.3 is 56.9 Å². The summed E-state index contributed by atoms with van der Waals surface area (Å²) in [6, 6.07) is 7.87. The number of aliphatic hydroxyl groups excluding tert-OH is 1. The van der Waals surface area contributed by atoms with E-state index in [1.54, 1.807) is 66.5 Å². The number of pyridine rings is 1. The minimum atomic E-state index is -1.74. The van der Waals surface area contributed by atoms with Crippen molar-refractivity contribution < 1.29 is 63.0 Å². The summed E-state index contributed by atoms with van der Waals surface area (Å²) in [6.07, 6.45) is 0.338. The van der Waals surface area contributed by atoms with Gasteiger partial charge in [-0.25, -0.2) is 4.57 Å². The Bertz CT molecular complexity index is 2180. The number of nitrogens with zero attached hydrogens (tertiary/aromatic N) is 3. The molecule has 1 aliphatic rings. The van der Waals surface area contributed by atoms with Crippen molar-refractivity contribution in [3.8, 4) is 5.75 Å². The van der Waals surface area contributed by atoms with Gasteiger partial charge in [-0.2, -0.15) is 0 Å². The van der Waals surface area contributed by atoms with Crippen molar-refractivity contribution in [1.29, 1.82) is 0 Å². The Balaban J connectivity index is 1.57. The van der Waals surface area contributed by atoms with E-state index in [2.05, 4.69) is 26.6 Å². The highest BCUT2D eigenvalue weighted by Gasteiger charge is 2.44. The van der Waals surface area contributed by atoms with Crippen LogP contribution in [0.4, 0.5) is 0 Å². The zero-order valence-corrected chi connectivity index (χ0v) is 36.2. The second-order valence-electron chi connectivity index (χ2n) is 16.1. The number of hydrogen-bond acceptors (Lipinski definition) is 12. The number of aromatic hydroxyl groups is 1. The molecular formula is C43H58N9O12+. The average Bonchev–Trinajstić information content (AvgIpc) is 3.24. The Morgan fingerprint density at radius 3 is 2.16 bits per heavy atom. The van der Waals surface area contributed by atoms with Gasteiger partial charge in [0, 0.05) is 65.2 Å². The number of nitrogens with two attached hydrogens (primary N) is 1. The van der Waals surface area contributed by atoms with Crippen molar-refractivity contribution in [2.45, 2.75) is 80.9 Å². The number of rotatable bonds is 23. The maximum atomic E-state index is 14.0. The van der Waals surface area contributed by atoms with Crippen LogP contribution in [0, 0.1) is 0 Å². The monoisotopic (exact) mass is 892 g/mol. The first-order valence-corrected chi connectivity index (χ1v) is 20.6. The number of carbonyl (C=O) groups is 8. The molecule has 4 rings (SSSR count). The van der Waals surface area contributed by atoms with Gasteiger partial charge in [0.2, 0.25) is 41.9 Å². The van der Waals surface area contributed by atoms with E-state index in [1.165, 1.54) is 32.1 Å². The Labute approximate surface area is 369 Å². The molecule has 1 unspecified atom stereocenters. The topological polar surface area (TPSA) is 303 Å². The lowest BCUT2D eigenvalue weighted by atomic mass is 9.86. The third-order valence-corrected chi connectivity index (χ3v) is 10.9. The number of carboxylic acid groups (broad SMARTS) is 1. The van der Waals surface area contributed by atoms with Crippen molar-refractivity contribution in [1.82, 2.24) is 36.4 Å². The molecule has 2 heterocycles. The molecule has 1 fully saturated rings. The molecule has 10 N–H and O–H groups in total. The number of nitrogens with one attached hydrogen (secondary N) is 5. The number of carboxylic acids is 1. The molecule has 0 saturated carbocycles. The van der Waals surface area contributed by atoms with Crippen LogP contribution < -0.4 is 36.9 Å². The molecule has 0 aliphatic carbocycles. The molecule has 21 nitrogen and oxygen atoms in total. The van der Waals surface area contributed by atoms with E-state index >= 15 is 0 Å². The summed E-state index contributed by atoms with van der Waals surface area (Å²) in [5.74, 6) is -5.97. The number of likely N-dealkylation sites (N-methyl/N-ethyl adjacent to an activating group) is 2. The van der Waals surface area contributed by atoms with Crippen LogP contribution in [0.2, 0.25) is 0 Å². The number of aryl methyl sites for hydroxylation is 1. The number of primary amides is 1. The van der Waals surface area contributed by atoms with E-state index in [4.69, 9.17) is 10.5 Å². The van der Waals surface area contributed by atoms with Gasteiger partial charge in [0.05, 0.1) is 24.5 Å². The minimum absolute atomic E-state index is 0.0175. The number of aliphatic carboxylic acids is 1. The maximum absolute atomic E-state index is 14.0. The van der Waals surface area contributed by atoms with E-state index in [-0.39, 0.29) is 51.2 Å². The molecule has 1 aromatic heterocycles. The van der Waals surface area contributed by atoms with Crippen LogP contribution in [0.5, 0.6) is 5.75 Å². The molecule has 3 aromatic rings. The van der Waals surface area contributed by atoms with E-state index in [1.807, 2.05) is 0 Å². The average molecular weight is 893 g/mol. The van der Waals surface area contributed by atoms with Gasteiger partial charge in [0.1, 0.15) is 37.2 Å². The molecule has 21 heteroatoms. The summed E-state index contributed by atoms with van der Waals surface area (Å²) >= 11 is 0. The predicted octanol–water partition coefficient (Wildman–Crippen LogP) is -2.53. The van der Waals surface area contributed by atoms with Gasteiger partial charge >= 0.3 is 5.97 Å². The Hall–Kier alpha value is -6.71. The lowest BCUT2D eigenvalue weighted by molar-refractivity contribution is -0.671. The number of amides is 7. The summed E-state index contributed by atoms with van der Waals surface area (Å²) in [4.78, 5) is 106. The first-order valence-electron chi connectivity index (χ1n) is 20.6. The summed E-state index contributed by atoms with van der Waals surface area (Å²) in [5, 5.41) is 45.9. The highest BCUT2D eigenvalue weighted by atomic mass is 16.5. The van der Waals surface area contributed by atoms with E-state index in [0.717, 1.165) is 15.7 Å². The van der Waals surface area contributed by atoms with Gasteiger partial charge in [-0.05, 0) is 53.8 Å². The van der Waals surface area contributed by atoms with Crippen LogP contribution in [0.3, 0.4) is 0 Å². The molecule has 1 saturated heterocycles. The molecule has 2 aromatic carbocycles. The number of fused-ring (bicyclic) bond motifs is 1. The maximum Gasteiger partial charge on any atom is 0.303 e. The standard InChI is InChI=1S/C43H57N9O12/c1-50(2)36(56)24-52(4)41(62)34(20-27-6-5-15-51(3)23-27)47-39(60)33(22-35(44)55)46-38(59)31(11-12-37(57)58)48-42(63)43(13-16-64-17-14-43)49-40(61)32(45-25-53)19-26-7-8-29-21-30(54)10-9-28(29)18-26/h5-10,15,18,21,23,25,31-34,42,48,63H,11-14,16-17,19-20,22,24H2,1-4H3,(H7-,44,45,46,47,49,53,54,55,57,58,59,60,61)/p+1/t31-,32-,33-,34-,42?/m0/s1. The summed E-state index contributed by atoms with van der Waals surface area (Å²) < 4.78 is 7.25. The number of carbonyl (C=O) groups excluding carboxylic acids is 7. The number of benzene rings is 2. The highest BCUT2D eigenvalue weighted by Crippen LogP contribution is 2.26. The first kappa shape index (κ1) is 49.9. The van der Waals surface area contributed by atoms with E-state index < -0.39 is 96.6 Å². The first-order chi connectivity index (χ1) is 30.3. The third kappa shape index (κ3) is 14.4. The minimum Gasteiger partial charge on any atom is -0.508 e. The van der Waals surface area contributed by atoms with Crippen molar-refractivity contribution in [3.05, 3.63) is 72.1 Å². The molecule has 1 aliphatic heterocycles. The number of phenols is 1. The quantitative estimate of drug-likeness (QED) is 0.0270. The second kappa shape index (κ2) is 23.1. The Morgan fingerprint density at radius 2 is 1.52 bits per heavy atom. The van der Waals surface area contributed by atoms with E-state index in [0.29, 0.717) is 17.5 Å². The van der Waals surface area contributed by atoms with Crippen LogP contribution in [0.15, 0.2) is 60.9 Å². The second-order valence-corrected chi connectivity index (χ2v) is 16.1. The van der Waals surface area contributed by atoms with Crippen molar-refractivity contribution in [2.75, 3.05) is 40.9 Å². The predicted molar refractivity (Wildman–Crippen MR) is 228 cm³/mol. The molecule has 0 radical (unpaired) electrons. The van der Waals surface area contributed by atoms with Gasteiger partial charge in [-0.1, -0.05) is 24.3 Å². The summed E-state index contributed by atoms with van der Waals surface area (Å²) in [7, 11) is 6.17. The number of phenolic OH excluding ortho intramolecular Hbond substituents is 1. The lowest BCUT2D eigenvalue weighted by Crippen LogP contribution is -2.68. The van der Waals surface area contributed by atoms with E-state index in [9.17, 15) is 53.7 Å². The number of ether oxygens (including phenoxy) is 1. The smallest absolute Gasteiger partial charge is 0.303 e. The lowest BCUT2D eigenvalue weighted by Gasteiger charge is -2.43. The van der Waals surface area contributed by atoms with Gasteiger partial charge in [-0.15, -0.1) is 0 Å². The highest BCUT2D eigenvalue weighted by molar-refractivity contribution is 5.96. The number of hydrogen-bond donors (Lipinski definition) is 9. The fourth-order valence-corrected chi connectivity index (χ4v) is 7.25. The van der Waals surface area contributed by atoms with Gasteiger partial charge in [0.25, 0.3) is 0 Å². The van der Waals surface area contributed by atoms with Gasteiger partial charge in [-0.3, -0.25) is 43.7 Å². The van der Waals surface area contributed by atoms with Crippen LogP contribution in [-0.4, -0.2) is 150 Å². The molecule has 0 spiro atoms. The normalized spacial score (nSPS) is 15.6. The fraction of sp³-hybridized carbons (Fsp3) is 0.465. The fourth-order valence-electron chi connectivity index (χ4n) is 7.25. The largest absolute Gasteiger partial charge is 0.508 e. The van der Waals surface area contributed by atoms with Gasteiger partial charge in [0.15, 0.2) is 12.4 Å². The Kier molecular flexibility index (Phi) is 18.0. The van der Waals surface area contributed by atoms with Crippen LogP contribution in [0.25, 0.3) is 10.8 Å². The zero-order valence-electron chi connectivity index (χ0n) is 36.2. The van der Waals surface area contributed by atoms with Crippen molar-refractivity contribution in [3.63, 3.8) is 0 Å². The van der Waals surface area contributed by atoms with Crippen LogP contribution in [-0.2, 0) is 63.0 Å². The molecule has 346 valence electrons. The third-order valence-electron chi connectivity index (χ3n) is 10.9. The zero-order chi connectivity index (χ0) is 47.1. The summed E-state index contributed by atoms with van der Waals surface area (Å²) in [5.41, 5.74) is 5.27. The molecule has 5 atom stereocenters. The summed E-state index contributed by atoms with van der Waals surface area (Å²) in [6.45, 7) is -0.190. The van der Waals surface area contributed by atoms with Crippen molar-refractivity contribution >= 4 is 58.6 Å².